The molecular formula is C20H26N2O3. The Morgan fingerprint density at radius 2 is 1.76 bits per heavy atom. The molecule has 2 aliphatic rings. The van der Waals surface area contributed by atoms with Crippen LogP contribution < -0.4 is 15.4 Å². The number of fused-ring (bicyclic) bond motifs is 2. The summed E-state index contributed by atoms with van der Waals surface area (Å²) in [6, 6.07) is 6.60. The van der Waals surface area contributed by atoms with Gasteiger partial charge in [0.25, 0.3) is 5.91 Å². The van der Waals surface area contributed by atoms with Gasteiger partial charge in [-0.3, -0.25) is 10.1 Å². The van der Waals surface area contributed by atoms with Gasteiger partial charge in [0.1, 0.15) is 11.5 Å². The van der Waals surface area contributed by atoms with Crippen LogP contribution in [0.1, 0.15) is 40.2 Å². The number of carbonyl (C=O) groups is 2. The second-order valence-electron chi connectivity index (χ2n) is 4.74. The first-order chi connectivity index (χ1) is 12.1. The number of ether oxygens (including phenoxy) is 1. The van der Waals surface area contributed by atoms with E-state index in [1.165, 1.54) is 6.08 Å². The van der Waals surface area contributed by atoms with Gasteiger partial charge in [-0.2, -0.15) is 0 Å². The number of imide groups is 1. The highest BCUT2D eigenvalue weighted by Gasteiger charge is 2.54. The lowest BCUT2D eigenvalue weighted by Gasteiger charge is -2.34. The molecule has 134 valence electrons. The summed E-state index contributed by atoms with van der Waals surface area (Å²) in [7, 11) is 0. The third kappa shape index (κ3) is 3.36. The number of nitrogens with one attached hydrogen (secondary N) is 2. The van der Waals surface area contributed by atoms with E-state index in [0.717, 1.165) is 0 Å². The molecule has 1 spiro atoms. The zero-order valence-corrected chi connectivity index (χ0v) is 15.5. The molecule has 1 saturated heterocycles. The zero-order chi connectivity index (χ0) is 19.0. The number of para-hydroxylation sites is 1. The van der Waals surface area contributed by atoms with Crippen molar-refractivity contribution in [1.82, 2.24) is 10.6 Å². The number of rotatable bonds is 2. The van der Waals surface area contributed by atoms with Crippen molar-refractivity contribution in [1.29, 1.82) is 0 Å². The molecule has 0 radical (unpaired) electrons. The highest BCUT2D eigenvalue weighted by atomic mass is 16.5. The van der Waals surface area contributed by atoms with E-state index in [9.17, 15) is 9.59 Å². The number of urea groups is 1. The van der Waals surface area contributed by atoms with Gasteiger partial charge in [-0.25, -0.2) is 4.79 Å². The highest BCUT2D eigenvalue weighted by molar-refractivity contribution is 6.10. The summed E-state index contributed by atoms with van der Waals surface area (Å²) in [5.74, 6) is 0.595. The molecule has 25 heavy (non-hydrogen) atoms. The summed E-state index contributed by atoms with van der Waals surface area (Å²) >= 11 is 0. The molecular weight excluding hydrogens is 316 g/mol. The number of amides is 3. The normalized spacial score (nSPS) is 20.5. The summed E-state index contributed by atoms with van der Waals surface area (Å²) < 4.78 is 5.84. The van der Waals surface area contributed by atoms with E-state index in [1.807, 2.05) is 40.7 Å². The van der Waals surface area contributed by atoms with Crippen LogP contribution in [0.3, 0.4) is 0 Å². The van der Waals surface area contributed by atoms with E-state index >= 15 is 0 Å². The molecule has 0 bridgehead atoms. The largest absolute Gasteiger partial charge is 0.457 e. The highest BCUT2D eigenvalue weighted by Crippen LogP contribution is 2.44. The van der Waals surface area contributed by atoms with Gasteiger partial charge in [0.15, 0.2) is 5.54 Å². The molecule has 1 aromatic carbocycles. The monoisotopic (exact) mass is 342 g/mol. The van der Waals surface area contributed by atoms with Crippen LogP contribution in [0, 0.1) is 0 Å². The van der Waals surface area contributed by atoms with E-state index in [-0.39, 0.29) is 0 Å². The van der Waals surface area contributed by atoms with E-state index in [4.69, 9.17) is 4.74 Å². The molecule has 2 N–H and O–H groups in total. The van der Waals surface area contributed by atoms with Crippen LogP contribution in [0.2, 0.25) is 0 Å². The zero-order valence-electron chi connectivity index (χ0n) is 15.5. The Morgan fingerprint density at radius 3 is 2.28 bits per heavy atom. The summed E-state index contributed by atoms with van der Waals surface area (Å²) in [6.45, 7) is 13.6. The lowest BCUT2D eigenvalue weighted by atomic mass is 9.79. The smallest absolute Gasteiger partial charge is 0.322 e. The molecule has 0 saturated carbocycles. The molecule has 1 aromatic rings. The molecule has 1 fully saturated rings. The van der Waals surface area contributed by atoms with Crippen LogP contribution in [0.5, 0.6) is 5.75 Å². The molecule has 0 aliphatic carbocycles. The first-order valence-corrected chi connectivity index (χ1v) is 8.54. The predicted molar refractivity (Wildman–Crippen MR) is 100 cm³/mol. The Balaban J connectivity index is 0.000000730. The number of carbonyl (C=O) groups excluding carboxylic acids is 2. The summed E-state index contributed by atoms with van der Waals surface area (Å²) in [5.41, 5.74) is -0.179. The minimum Gasteiger partial charge on any atom is -0.457 e. The van der Waals surface area contributed by atoms with Crippen LogP contribution in [0.4, 0.5) is 4.79 Å². The quantitative estimate of drug-likeness (QED) is 0.792. The Hall–Kier alpha value is -2.82. The molecule has 1 atom stereocenters. The molecule has 0 unspecified atom stereocenters. The standard InChI is InChI=1S/C16H14N2O3.2C2H6/c1-3-7-12-10(4-2)16(14(19)17-15(20)18-16)11-8-5-6-9-13(11)21-12;2*1-2/h3-9H,2H2,1H3,(H2,17,18,19,20);2*1-2H3/b7-3-;;/t16-;;/m1../s1. The van der Waals surface area contributed by atoms with Gasteiger partial charge >= 0.3 is 6.03 Å². The molecule has 3 amide bonds. The fourth-order valence-corrected chi connectivity index (χ4v) is 2.73. The number of allylic oxidation sites excluding steroid dienone is 2. The van der Waals surface area contributed by atoms with Crippen LogP contribution in [0.25, 0.3) is 0 Å². The summed E-state index contributed by atoms with van der Waals surface area (Å²) in [4.78, 5) is 24.2. The van der Waals surface area contributed by atoms with Gasteiger partial charge in [0.05, 0.1) is 0 Å². The van der Waals surface area contributed by atoms with Gasteiger partial charge in [0, 0.05) is 11.1 Å². The van der Waals surface area contributed by atoms with Crippen molar-refractivity contribution < 1.29 is 14.3 Å². The maximum absolute atomic E-state index is 12.5. The predicted octanol–water partition coefficient (Wildman–Crippen LogP) is 4.18. The first-order valence-electron chi connectivity index (χ1n) is 8.54. The van der Waals surface area contributed by atoms with Crippen LogP contribution >= 0.6 is 0 Å². The van der Waals surface area contributed by atoms with Gasteiger partial charge < -0.3 is 10.1 Å². The third-order valence-corrected chi connectivity index (χ3v) is 3.57. The first kappa shape index (κ1) is 20.2. The lowest BCUT2D eigenvalue weighted by Crippen LogP contribution is -2.47. The van der Waals surface area contributed by atoms with Crippen molar-refractivity contribution in [3.8, 4) is 5.75 Å². The number of benzene rings is 1. The average Bonchev–Trinajstić information content (AvgIpc) is 2.94. The molecule has 3 rings (SSSR count). The average molecular weight is 342 g/mol. The van der Waals surface area contributed by atoms with E-state index in [0.29, 0.717) is 22.6 Å². The number of hydrogen-bond acceptors (Lipinski definition) is 3. The lowest BCUT2D eigenvalue weighted by molar-refractivity contribution is -0.123. The van der Waals surface area contributed by atoms with Crippen molar-refractivity contribution in [2.75, 3.05) is 0 Å². The Bertz CT molecular complexity index is 719. The molecule has 2 heterocycles. The number of hydrogen-bond donors (Lipinski definition) is 2. The minimum absolute atomic E-state index is 0.430. The van der Waals surface area contributed by atoms with E-state index in [1.54, 1.807) is 30.4 Å². The second kappa shape index (κ2) is 8.87. The van der Waals surface area contributed by atoms with E-state index in [2.05, 4.69) is 17.2 Å². The van der Waals surface area contributed by atoms with Crippen LogP contribution in [-0.2, 0) is 10.3 Å². The van der Waals surface area contributed by atoms with Gasteiger partial charge in [-0.05, 0) is 19.1 Å². The topological polar surface area (TPSA) is 67.4 Å². The summed E-state index contributed by atoms with van der Waals surface area (Å²) in [5, 5.41) is 5.02. The maximum atomic E-state index is 12.5. The van der Waals surface area contributed by atoms with Crippen LogP contribution in [-0.4, -0.2) is 11.9 Å². The molecule has 5 nitrogen and oxygen atoms in total. The van der Waals surface area contributed by atoms with Gasteiger partial charge in [-0.1, -0.05) is 64.6 Å². The Morgan fingerprint density at radius 1 is 1.12 bits per heavy atom. The van der Waals surface area contributed by atoms with Crippen molar-refractivity contribution in [2.45, 2.75) is 40.2 Å². The Labute approximate surface area is 149 Å². The Kier molecular flexibility index (Phi) is 7.18. The van der Waals surface area contributed by atoms with Crippen molar-refractivity contribution in [3.63, 3.8) is 0 Å². The maximum Gasteiger partial charge on any atom is 0.322 e. The van der Waals surface area contributed by atoms with Crippen molar-refractivity contribution in [2.24, 2.45) is 0 Å². The SMILES string of the molecule is C=CC1=C(/C=C\C)Oc2ccccc2[C@]12NC(=O)NC2=O.CC.CC. The molecule has 0 aromatic heterocycles. The fourth-order valence-electron chi connectivity index (χ4n) is 2.73. The molecule has 5 heteroatoms. The van der Waals surface area contributed by atoms with Crippen molar-refractivity contribution >= 4 is 11.9 Å². The van der Waals surface area contributed by atoms with E-state index < -0.39 is 17.5 Å². The fraction of sp³-hybridized carbons (Fsp3) is 0.300. The summed E-state index contributed by atoms with van der Waals surface area (Å²) in [6.07, 6.45) is 5.08. The molecule has 2 aliphatic heterocycles. The van der Waals surface area contributed by atoms with Gasteiger partial charge in [-0.15, -0.1) is 0 Å². The van der Waals surface area contributed by atoms with Crippen LogP contribution in [0.15, 0.2) is 60.4 Å². The second-order valence-corrected chi connectivity index (χ2v) is 4.74. The van der Waals surface area contributed by atoms with Crippen molar-refractivity contribution in [3.05, 3.63) is 66.0 Å². The minimum atomic E-state index is -1.29. The third-order valence-electron chi connectivity index (χ3n) is 3.57. The van der Waals surface area contributed by atoms with Gasteiger partial charge in [0.2, 0.25) is 0 Å².